The molecule has 0 atom stereocenters. The molecule has 0 N–H and O–H groups in total. The fraction of sp³-hybridized carbons (Fsp3) is 0. The van der Waals surface area contributed by atoms with Gasteiger partial charge in [-0.2, -0.15) is 0 Å². The Labute approximate surface area is 95.9 Å². The van der Waals surface area contributed by atoms with Crippen molar-refractivity contribution in [3.63, 3.8) is 0 Å². The molecule has 0 amide bonds. The van der Waals surface area contributed by atoms with E-state index in [1.165, 1.54) is 9.64 Å². The Kier molecular flexibility index (Phi) is 2.82. The van der Waals surface area contributed by atoms with Crippen LogP contribution in [0.1, 0.15) is 0 Å². The third-order valence-corrected chi connectivity index (χ3v) is 2.60. The second-order valence-electron chi connectivity index (χ2n) is 2.94. The van der Waals surface area contributed by atoms with Crippen molar-refractivity contribution in [2.75, 3.05) is 0 Å². The molecule has 14 heavy (non-hydrogen) atoms. The Hall–Kier alpha value is -0.900. The Balaban J connectivity index is 2.44. The maximum atomic E-state index is 12.6. The lowest BCUT2D eigenvalue weighted by atomic mass is 10.1. The standard InChI is InChI=1S/C12H7FI/c13-11-6-4-9(5-7-11)10-2-1-3-12(14)8-10/h1-6,8H. The van der Waals surface area contributed by atoms with Crippen molar-refractivity contribution in [3.8, 4) is 11.1 Å². The zero-order valence-corrected chi connectivity index (χ0v) is 9.45. The molecule has 0 bridgehead atoms. The van der Waals surface area contributed by atoms with E-state index in [0.717, 1.165) is 11.1 Å². The minimum atomic E-state index is -0.320. The molecule has 0 aromatic heterocycles. The number of benzene rings is 2. The molecule has 0 aliphatic carbocycles. The van der Waals surface area contributed by atoms with E-state index in [-0.39, 0.29) is 5.82 Å². The van der Waals surface area contributed by atoms with Crippen molar-refractivity contribution in [1.29, 1.82) is 0 Å². The van der Waals surface area contributed by atoms with Gasteiger partial charge in [0.1, 0.15) is 5.82 Å². The highest BCUT2D eigenvalue weighted by molar-refractivity contribution is 14.1. The summed E-state index contributed by atoms with van der Waals surface area (Å²) in [5.41, 5.74) is 2.08. The smallest absolute Gasteiger partial charge is 0.131 e. The zero-order valence-electron chi connectivity index (χ0n) is 7.30. The average Bonchev–Trinajstić information content (AvgIpc) is 2.19. The summed E-state index contributed by atoms with van der Waals surface area (Å²) in [6.07, 6.45) is 0. The third-order valence-electron chi connectivity index (χ3n) is 1.93. The average molecular weight is 297 g/mol. The van der Waals surface area contributed by atoms with Crippen LogP contribution in [0.3, 0.4) is 0 Å². The lowest BCUT2D eigenvalue weighted by Gasteiger charge is -2.01. The van der Waals surface area contributed by atoms with E-state index in [2.05, 4.69) is 34.7 Å². The maximum Gasteiger partial charge on any atom is 0.131 e. The fourth-order valence-electron chi connectivity index (χ4n) is 1.25. The van der Waals surface area contributed by atoms with E-state index < -0.39 is 0 Å². The Morgan fingerprint density at radius 2 is 1.93 bits per heavy atom. The first-order valence-electron chi connectivity index (χ1n) is 4.19. The second-order valence-corrected chi connectivity index (χ2v) is 4.18. The molecule has 69 valence electrons. The van der Waals surface area contributed by atoms with E-state index in [1.807, 2.05) is 18.2 Å². The molecule has 1 radical (unpaired) electrons. The summed E-state index contributed by atoms with van der Waals surface area (Å²) in [7, 11) is 0. The number of halogens is 2. The monoisotopic (exact) mass is 297 g/mol. The van der Waals surface area contributed by atoms with Crippen LogP contribution in [0.25, 0.3) is 11.1 Å². The van der Waals surface area contributed by atoms with E-state index in [0.29, 0.717) is 0 Å². The van der Waals surface area contributed by atoms with Gasteiger partial charge in [0.05, 0.1) is 0 Å². The summed E-state index contributed by atoms with van der Waals surface area (Å²) in [4.78, 5) is 0. The van der Waals surface area contributed by atoms with E-state index in [1.54, 1.807) is 12.1 Å². The molecule has 2 heteroatoms. The summed E-state index contributed by atoms with van der Waals surface area (Å²) in [6, 6.07) is 15.5. The molecule has 2 aromatic rings. The first kappa shape index (κ1) is 9.65. The van der Waals surface area contributed by atoms with Crippen molar-refractivity contribution < 1.29 is 4.39 Å². The van der Waals surface area contributed by atoms with Gasteiger partial charge in [-0.05, 0) is 58.0 Å². The second kappa shape index (κ2) is 4.09. The zero-order chi connectivity index (χ0) is 9.97. The van der Waals surface area contributed by atoms with Gasteiger partial charge in [0.15, 0.2) is 0 Å². The molecule has 0 fully saturated rings. The molecule has 0 nitrogen and oxygen atoms in total. The van der Waals surface area contributed by atoms with Crippen molar-refractivity contribution in [2.45, 2.75) is 0 Å². The number of hydrogen-bond acceptors (Lipinski definition) is 0. The first-order chi connectivity index (χ1) is 6.75. The van der Waals surface area contributed by atoms with Crippen molar-refractivity contribution >= 4 is 22.6 Å². The van der Waals surface area contributed by atoms with Gasteiger partial charge in [0.25, 0.3) is 0 Å². The lowest BCUT2D eigenvalue weighted by Crippen LogP contribution is -1.80. The third kappa shape index (κ3) is 2.12. The highest BCUT2D eigenvalue weighted by Gasteiger charge is 1.98. The molecule has 0 heterocycles. The van der Waals surface area contributed by atoms with Crippen LogP contribution in [0, 0.1) is 15.5 Å². The largest absolute Gasteiger partial charge is 0.206 e. The highest BCUT2D eigenvalue weighted by Crippen LogP contribution is 2.20. The molecule has 0 saturated heterocycles. The fourth-order valence-corrected chi connectivity index (χ4v) is 1.80. The highest BCUT2D eigenvalue weighted by atomic mass is 127. The summed E-state index contributed by atoms with van der Waals surface area (Å²) in [5, 5.41) is 0. The minimum Gasteiger partial charge on any atom is -0.206 e. The van der Waals surface area contributed by atoms with Crippen LogP contribution in [-0.4, -0.2) is 0 Å². The molecular formula is C12H7FI. The van der Waals surface area contributed by atoms with Gasteiger partial charge in [0, 0.05) is 9.64 Å². The first-order valence-corrected chi connectivity index (χ1v) is 5.27. The van der Waals surface area contributed by atoms with Gasteiger partial charge < -0.3 is 0 Å². The van der Waals surface area contributed by atoms with E-state index >= 15 is 0 Å². The molecular weight excluding hydrogens is 290 g/mol. The molecule has 0 unspecified atom stereocenters. The SMILES string of the molecule is Fc1[c]cc(-c2cccc(I)c2)cc1. The predicted octanol–water partition coefficient (Wildman–Crippen LogP) is 3.90. The normalized spacial score (nSPS) is 10.1. The summed E-state index contributed by atoms with van der Waals surface area (Å²) >= 11 is 2.25. The lowest BCUT2D eigenvalue weighted by molar-refractivity contribution is 0.626. The maximum absolute atomic E-state index is 12.6. The molecule has 2 aromatic carbocycles. The van der Waals surface area contributed by atoms with E-state index in [4.69, 9.17) is 0 Å². The van der Waals surface area contributed by atoms with Crippen LogP contribution in [-0.2, 0) is 0 Å². The van der Waals surface area contributed by atoms with Crippen molar-refractivity contribution in [2.24, 2.45) is 0 Å². The predicted molar refractivity (Wildman–Crippen MR) is 63.4 cm³/mol. The number of hydrogen-bond donors (Lipinski definition) is 0. The summed E-state index contributed by atoms with van der Waals surface area (Å²) in [5.74, 6) is -0.320. The van der Waals surface area contributed by atoms with Crippen LogP contribution >= 0.6 is 22.6 Å². The molecule has 0 aliphatic heterocycles. The number of rotatable bonds is 1. The summed E-state index contributed by atoms with van der Waals surface area (Å²) < 4.78 is 13.8. The topological polar surface area (TPSA) is 0 Å². The van der Waals surface area contributed by atoms with Crippen LogP contribution < -0.4 is 0 Å². The molecule has 2 rings (SSSR count). The Morgan fingerprint density at radius 3 is 2.57 bits per heavy atom. The molecule has 0 aliphatic rings. The van der Waals surface area contributed by atoms with Gasteiger partial charge in [-0.3, -0.25) is 0 Å². The van der Waals surface area contributed by atoms with Crippen LogP contribution in [0.5, 0.6) is 0 Å². The van der Waals surface area contributed by atoms with Gasteiger partial charge in [0.2, 0.25) is 0 Å². The van der Waals surface area contributed by atoms with Gasteiger partial charge in [-0.15, -0.1) is 0 Å². The van der Waals surface area contributed by atoms with Gasteiger partial charge >= 0.3 is 0 Å². The van der Waals surface area contributed by atoms with Crippen LogP contribution in [0.2, 0.25) is 0 Å². The molecule has 0 saturated carbocycles. The summed E-state index contributed by atoms with van der Waals surface area (Å²) in [6.45, 7) is 0. The van der Waals surface area contributed by atoms with Gasteiger partial charge in [-0.1, -0.05) is 18.2 Å². The van der Waals surface area contributed by atoms with Gasteiger partial charge in [-0.25, -0.2) is 4.39 Å². The van der Waals surface area contributed by atoms with Crippen molar-refractivity contribution in [1.82, 2.24) is 0 Å². The van der Waals surface area contributed by atoms with Crippen molar-refractivity contribution in [3.05, 3.63) is 57.9 Å². The minimum absolute atomic E-state index is 0.320. The van der Waals surface area contributed by atoms with Crippen LogP contribution in [0.4, 0.5) is 4.39 Å². The van der Waals surface area contributed by atoms with E-state index in [9.17, 15) is 4.39 Å². The Morgan fingerprint density at radius 1 is 1.07 bits per heavy atom. The quantitative estimate of drug-likeness (QED) is 0.700. The molecule has 0 spiro atoms. The van der Waals surface area contributed by atoms with Crippen LogP contribution in [0.15, 0.2) is 42.5 Å². The Bertz CT molecular complexity index is 434.